The van der Waals surface area contributed by atoms with Crippen molar-refractivity contribution in [2.24, 2.45) is 0 Å². The lowest BCUT2D eigenvalue weighted by Crippen LogP contribution is -2.13. The van der Waals surface area contributed by atoms with Crippen molar-refractivity contribution in [2.75, 3.05) is 5.32 Å². The number of imidazole rings is 1. The SMILES string of the molecule is N#Cc1cccc(-c2nc(C(=O)Nc3cccc4cnccc34)c3ccccn23)c1. The van der Waals surface area contributed by atoms with Gasteiger partial charge in [-0.15, -0.1) is 0 Å². The number of amides is 1. The Morgan fingerprint density at radius 1 is 1.03 bits per heavy atom. The molecule has 0 bridgehead atoms. The first-order valence-electron chi connectivity index (χ1n) is 9.36. The summed E-state index contributed by atoms with van der Waals surface area (Å²) < 4.78 is 1.86. The Morgan fingerprint density at radius 2 is 1.93 bits per heavy atom. The van der Waals surface area contributed by atoms with Gasteiger partial charge in [-0.05, 0) is 36.4 Å². The van der Waals surface area contributed by atoms with E-state index < -0.39 is 0 Å². The van der Waals surface area contributed by atoms with Crippen LogP contribution in [0, 0.1) is 11.3 Å². The second kappa shape index (κ2) is 7.15. The number of nitrogens with zero attached hydrogens (tertiary/aromatic N) is 4. The quantitative estimate of drug-likeness (QED) is 0.486. The number of aromatic nitrogens is 3. The maximum Gasteiger partial charge on any atom is 0.276 e. The van der Waals surface area contributed by atoms with Gasteiger partial charge in [0.25, 0.3) is 5.91 Å². The van der Waals surface area contributed by atoms with Gasteiger partial charge in [0.15, 0.2) is 5.69 Å². The molecule has 0 aliphatic heterocycles. The van der Waals surface area contributed by atoms with Crippen LogP contribution in [-0.2, 0) is 0 Å². The molecular weight excluding hydrogens is 374 g/mol. The van der Waals surface area contributed by atoms with Gasteiger partial charge in [-0.3, -0.25) is 14.2 Å². The molecule has 0 radical (unpaired) electrons. The van der Waals surface area contributed by atoms with Crippen LogP contribution >= 0.6 is 0 Å². The van der Waals surface area contributed by atoms with Crippen LogP contribution in [0.2, 0.25) is 0 Å². The minimum atomic E-state index is -0.300. The number of anilines is 1. The number of benzene rings is 2. The minimum Gasteiger partial charge on any atom is -0.320 e. The number of hydrogen-bond acceptors (Lipinski definition) is 4. The Labute approximate surface area is 172 Å². The number of carbonyl (C=O) groups excluding carboxylic acids is 1. The highest BCUT2D eigenvalue weighted by atomic mass is 16.1. The summed E-state index contributed by atoms with van der Waals surface area (Å²) in [6.07, 6.45) is 5.32. The van der Waals surface area contributed by atoms with Crippen LogP contribution in [-0.4, -0.2) is 20.3 Å². The van der Waals surface area contributed by atoms with Gasteiger partial charge < -0.3 is 5.32 Å². The molecule has 0 saturated carbocycles. The van der Waals surface area contributed by atoms with E-state index in [-0.39, 0.29) is 5.91 Å². The number of pyridine rings is 2. The van der Waals surface area contributed by atoms with Gasteiger partial charge in [-0.2, -0.15) is 5.26 Å². The first-order chi connectivity index (χ1) is 14.7. The highest BCUT2D eigenvalue weighted by Crippen LogP contribution is 2.26. The third kappa shape index (κ3) is 2.95. The lowest BCUT2D eigenvalue weighted by atomic mass is 10.1. The predicted octanol–water partition coefficient (Wildman–Crippen LogP) is 4.67. The van der Waals surface area contributed by atoms with Crippen molar-refractivity contribution >= 4 is 27.9 Å². The summed E-state index contributed by atoms with van der Waals surface area (Å²) in [6, 6.07) is 22.5. The van der Waals surface area contributed by atoms with Crippen LogP contribution in [0.4, 0.5) is 5.69 Å². The molecule has 30 heavy (non-hydrogen) atoms. The summed E-state index contributed by atoms with van der Waals surface area (Å²) in [5, 5.41) is 14.1. The Balaban J connectivity index is 1.61. The van der Waals surface area contributed by atoms with E-state index >= 15 is 0 Å². The van der Waals surface area contributed by atoms with E-state index in [0.29, 0.717) is 28.3 Å². The third-order valence-corrected chi connectivity index (χ3v) is 4.94. The Bertz CT molecular complexity index is 1460. The number of nitriles is 1. The van der Waals surface area contributed by atoms with Gasteiger partial charge in [0.05, 0.1) is 17.1 Å². The molecule has 0 aliphatic rings. The van der Waals surface area contributed by atoms with E-state index in [1.54, 1.807) is 24.5 Å². The van der Waals surface area contributed by atoms with E-state index in [9.17, 15) is 10.1 Å². The molecular formula is C24H15N5O. The van der Waals surface area contributed by atoms with Crippen LogP contribution in [0.1, 0.15) is 16.1 Å². The highest BCUT2D eigenvalue weighted by Gasteiger charge is 2.19. The van der Waals surface area contributed by atoms with Crippen molar-refractivity contribution in [1.82, 2.24) is 14.4 Å². The monoisotopic (exact) mass is 389 g/mol. The van der Waals surface area contributed by atoms with Crippen LogP contribution in [0.3, 0.4) is 0 Å². The van der Waals surface area contributed by atoms with Gasteiger partial charge in [-0.25, -0.2) is 4.98 Å². The second-order valence-corrected chi connectivity index (χ2v) is 6.79. The fraction of sp³-hybridized carbons (Fsp3) is 0. The van der Waals surface area contributed by atoms with E-state index in [4.69, 9.17) is 0 Å². The van der Waals surface area contributed by atoms with Gasteiger partial charge in [0.2, 0.25) is 0 Å². The lowest BCUT2D eigenvalue weighted by molar-refractivity contribution is 0.102. The van der Waals surface area contributed by atoms with Crippen LogP contribution in [0.15, 0.2) is 85.3 Å². The molecule has 5 rings (SSSR count). The van der Waals surface area contributed by atoms with E-state index in [2.05, 4.69) is 21.4 Å². The molecule has 3 heterocycles. The average molecular weight is 389 g/mol. The highest BCUT2D eigenvalue weighted by molar-refractivity contribution is 6.11. The molecule has 3 aromatic heterocycles. The normalized spacial score (nSPS) is 10.8. The minimum absolute atomic E-state index is 0.300. The molecule has 0 fully saturated rings. The van der Waals surface area contributed by atoms with Gasteiger partial charge in [0.1, 0.15) is 5.82 Å². The molecule has 0 saturated heterocycles. The summed E-state index contributed by atoms with van der Waals surface area (Å²) in [7, 11) is 0. The summed E-state index contributed by atoms with van der Waals surface area (Å²) >= 11 is 0. The van der Waals surface area contributed by atoms with Crippen molar-refractivity contribution < 1.29 is 4.79 Å². The fourth-order valence-corrected chi connectivity index (χ4v) is 3.55. The molecule has 6 heteroatoms. The summed E-state index contributed by atoms with van der Waals surface area (Å²) in [6.45, 7) is 0. The number of nitrogens with one attached hydrogen (secondary N) is 1. The number of hydrogen-bond donors (Lipinski definition) is 1. The number of carbonyl (C=O) groups is 1. The second-order valence-electron chi connectivity index (χ2n) is 6.79. The standard InChI is InChI=1S/C24H15N5O/c25-14-16-5-3-6-17(13-16)23-28-22(21-9-1-2-12-29(21)23)24(30)27-20-8-4-7-18-15-26-11-10-19(18)20/h1-13,15H,(H,27,30). The van der Waals surface area contributed by atoms with Crippen molar-refractivity contribution in [2.45, 2.75) is 0 Å². The summed E-state index contributed by atoms with van der Waals surface area (Å²) in [5.74, 6) is 0.306. The maximum atomic E-state index is 13.2. The fourth-order valence-electron chi connectivity index (χ4n) is 3.55. The molecule has 6 nitrogen and oxygen atoms in total. The number of fused-ring (bicyclic) bond motifs is 2. The first kappa shape index (κ1) is 17.6. The summed E-state index contributed by atoms with van der Waals surface area (Å²) in [4.78, 5) is 22.0. The van der Waals surface area contributed by atoms with E-state index in [0.717, 1.165) is 16.3 Å². The smallest absolute Gasteiger partial charge is 0.276 e. The molecule has 0 atom stereocenters. The maximum absolute atomic E-state index is 13.2. The van der Waals surface area contributed by atoms with Crippen LogP contribution < -0.4 is 5.32 Å². The summed E-state index contributed by atoms with van der Waals surface area (Å²) in [5.41, 5.74) is 3.01. The third-order valence-electron chi connectivity index (χ3n) is 4.94. The average Bonchev–Trinajstić information content (AvgIpc) is 3.19. The Morgan fingerprint density at radius 3 is 2.83 bits per heavy atom. The Hall–Kier alpha value is -4.50. The lowest BCUT2D eigenvalue weighted by Gasteiger charge is -2.07. The molecule has 2 aromatic carbocycles. The van der Waals surface area contributed by atoms with Crippen LogP contribution in [0.5, 0.6) is 0 Å². The zero-order chi connectivity index (χ0) is 20.5. The first-order valence-corrected chi connectivity index (χ1v) is 9.36. The van der Waals surface area contributed by atoms with Gasteiger partial charge in [-0.1, -0.05) is 30.3 Å². The molecule has 142 valence electrons. The van der Waals surface area contributed by atoms with Crippen LogP contribution in [0.25, 0.3) is 27.7 Å². The van der Waals surface area contributed by atoms with Gasteiger partial charge in [0, 0.05) is 40.6 Å². The molecule has 0 spiro atoms. The zero-order valence-corrected chi connectivity index (χ0v) is 15.8. The molecule has 0 aliphatic carbocycles. The predicted molar refractivity (Wildman–Crippen MR) is 115 cm³/mol. The molecule has 0 unspecified atom stereocenters. The van der Waals surface area contributed by atoms with Gasteiger partial charge >= 0.3 is 0 Å². The van der Waals surface area contributed by atoms with E-state index in [1.807, 2.05) is 65.2 Å². The topological polar surface area (TPSA) is 83.1 Å². The van der Waals surface area contributed by atoms with E-state index in [1.165, 1.54) is 0 Å². The van der Waals surface area contributed by atoms with Crippen molar-refractivity contribution in [3.63, 3.8) is 0 Å². The molecule has 5 aromatic rings. The van der Waals surface area contributed by atoms with Crippen molar-refractivity contribution in [3.05, 3.63) is 96.6 Å². The Kier molecular flexibility index (Phi) is 4.19. The molecule has 1 amide bonds. The zero-order valence-electron chi connectivity index (χ0n) is 15.8. The molecule has 1 N–H and O–H groups in total. The number of rotatable bonds is 3. The van der Waals surface area contributed by atoms with Crippen molar-refractivity contribution in [3.8, 4) is 17.5 Å². The largest absolute Gasteiger partial charge is 0.320 e. The van der Waals surface area contributed by atoms with Crippen molar-refractivity contribution in [1.29, 1.82) is 5.26 Å².